The van der Waals surface area contributed by atoms with E-state index in [0.717, 1.165) is 12.1 Å². The Bertz CT molecular complexity index is 572. The summed E-state index contributed by atoms with van der Waals surface area (Å²) in [6.07, 6.45) is 2.30. The van der Waals surface area contributed by atoms with E-state index in [1.54, 1.807) is 25.2 Å². The Morgan fingerprint density at radius 2 is 2.30 bits per heavy atom. The minimum atomic E-state index is -0.390. The molecule has 0 aromatic carbocycles. The molecule has 20 heavy (non-hydrogen) atoms. The molecule has 2 rings (SSSR count). The Labute approximate surface area is 121 Å². The Kier molecular flexibility index (Phi) is 5.00. The van der Waals surface area contributed by atoms with Crippen molar-refractivity contribution in [1.29, 1.82) is 0 Å². The molecule has 7 heteroatoms. The van der Waals surface area contributed by atoms with Crippen LogP contribution in [0.2, 0.25) is 0 Å². The van der Waals surface area contributed by atoms with Gasteiger partial charge >= 0.3 is 5.97 Å². The van der Waals surface area contributed by atoms with Crippen molar-refractivity contribution in [2.75, 3.05) is 18.5 Å². The fourth-order valence-electron chi connectivity index (χ4n) is 1.62. The third kappa shape index (κ3) is 3.74. The highest BCUT2D eigenvalue weighted by molar-refractivity contribution is 7.07. The first-order chi connectivity index (χ1) is 9.70. The lowest BCUT2D eigenvalue weighted by molar-refractivity contribution is 0.0524. The fourth-order valence-corrected chi connectivity index (χ4v) is 2.22. The molecular weight excluding hydrogens is 276 g/mol. The van der Waals surface area contributed by atoms with Crippen LogP contribution in [0.5, 0.6) is 0 Å². The number of nitrogens with zero attached hydrogens (tertiary/aromatic N) is 3. The first kappa shape index (κ1) is 14.4. The molecule has 0 saturated heterocycles. The van der Waals surface area contributed by atoms with Gasteiger partial charge in [-0.2, -0.15) is 0 Å². The minimum Gasteiger partial charge on any atom is -0.462 e. The van der Waals surface area contributed by atoms with Crippen molar-refractivity contribution in [3.8, 4) is 0 Å². The number of anilines is 1. The maximum absolute atomic E-state index is 11.6. The van der Waals surface area contributed by atoms with Crippen LogP contribution in [0, 0.1) is 6.92 Å². The molecule has 0 atom stereocenters. The summed E-state index contributed by atoms with van der Waals surface area (Å²) in [7, 11) is 0. The van der Waals surface area contributed by atoms with Crippen LogP contribution in [0.25, 0.3) is 0 Å². The van der Waals surface area contributed by atoms with Crippen LogP contribution in [0.4, 0.5) is 5.95 Å². The van der Waals surface area contributed by atoms with Crippen molar-refractivity contribution in [1.82, 2.24) is 15.0 Å². The van der Waals surface area contributed by atoms with E-state index in [1.165, 1.54) is 6.20 Å². The van der Waals surface area contributed by atoms with Gasteiger partial charge in [0.1, 0.15) is 0 Å². The molecule has 6 nitrogen and oxygen atoms in total. The van der Waals surface area contributed by atoms with Gasteiger partial charge in [-0.25, -0.2) is 19.7 Å². The molecule has 0 aliphatic heterocycles. The molecule has 106 valence electrons. The highest BCUT2D eigenvalue weighted by Crippen LogP contribution is 2.09. The maximum Gasteiger partial charge on any atom is 0.341 e. The van der Waals surface area contributed by atoms with Crippen molar-refractivity contribution in [2.45, 2.75) is 20.3 Å². The number of hydrogen-bond donors (Lipinski definition) is 1. The first-order valence-corrected chi connectivity index (χ1v) is 7.26. The Morgan fingerprint density at radius 3 is 2.95 bits per heavy atom. The van der Waals surface area contributed by atoms with Crippen LogP contribution in [-0.2, 0) is 11.2 Å². The summed E-state index contributed by atoms with van der Waals surface area (Å²) in [6.45, 7) is 4.57. The first-order valence-electron chi connectivity index (χ1n) is 6.32. The summed E-state index contributed by atoms with van der Waals surface area (Å²) in [5.41, 5.74) is 3.86. The summed E-state index contributed by atoms with van der Waals surface area (Å²) >= 11 is 1.58. The van der Waals surface area contributed by atoms with Gasteiger partial charge in [-0.1, -0.05) is 0 Å². The molecule has 2 aromatic heterocycles. The number of ether oxygens (including phenoxy) is 1. The molecule has 0 amide bonds. The van der Waals surface area contributed by atoms with Crippen LogP contribution in [-0.4, -0.2) is 34.1 Å². The number of aryl methyl sites for hydroxylation is 1. The van der Waals surface area contributed by atoms with Gasteiger partial charge in [-0.05, 0) is 13.8 Å². The molecule has 0 saturated carbocycles. The van der Waals surface area contributed by atoms with Crippen molar-refractivity contribution < 1.29 is 9.53 Å². The van der Waals surface area contributed by atoms with Gasteiger partial charge in [0.25, 0.3) is 0 Å². The molecule has 0 spiro atoms. The topological polar surface area (TPSA) is 77.0 Å². The zero-order valence-electron chi connectivity index (χ0n) is 11.4. The smallest absolute Gasteiger partial charge is 0.341 e. The molecule has 2 heterocycles. The average molecular weight is 292 g/mol. The predicted molar refractivity (Wildman–Crippen MR) is 77.0 cm³/mol. The zero-order valence-corrected chi connectivity index (χ0v) is 12.2. The van der Waals surface area contributed by atoms with Crippen LogP contribution in [0.3, 0.4) is 0 Å². The highest BCUT2D eigenvalue weighted by Gasteiger charge is 2.12. The fraction of sp³-hybridized carbons (Fsp3) is 0.385. The molecule has 0 aliphatic carbocycles. The third-order valence-electron chi connectivity index (χ3n) is 2.62. The van der Waals surface area contributed by atoms with Crippen molar-refractivity contribution >= 4 is 23.3 Å². The zero-order chi connectivity index (χ0) is 14.4. The summed E-state index contributed by atoms with van der Waals surface area (Å²) < 4.78 is 4.93. The number of thiazole rings is 1. The second-order valence-corrected chi connectivity index (χ2v) is 4.79. The Morgan fingerprint density at radius 1 is 1.45 bits per heavy atom. The van der Waals surface area contributed by atoms with E-state index in [0.29, 0.717) is 30.4 Å². The number of aromatic nitrogens is 3. The number of carbonyl (C=O) groups is 1. The van der Waals surface area contributed by atoms with E-state index >= 15 is 0 Å². The Balaban J connectivity index is 1.93. The van der Waals surface area contributed by atoms with Gasteiger partial charge < -0.3 is 10.1 Å². The monoisotopic (exact) mass is 292 g/mol. The number of hydrogen-bond acceptors (Lipinski definition) is 7. The molecule has 0 bridgehead atoms. The number of rotatable bonds is 6. The molecular formula is C13H16N4O2S. The van der Waals surface area contributed by atoms with Gasteiger partial charge in [0.2, 0.25) is 5.95 Å². The summed E-state index contributed by atoms with van der Waals surface area (Å²) in [5, 5.41) is 5.12. The van der Waals surface area contributed by atoms with E-state index in [-0.39, 0.29) is 5.97 Å². The molecule has 0 aliphatic rings. The number of carbonyl (C=O) groups excluding carboxylic acids is 1. The lowest BCUT2D eigenvalue weighted by atomic mass is 10.2. The standard InChI is InChI=1S/C13H16N4O2S/c1-3-19-12(18)11-6-15-13(17-9(11)2)14-5-4-10-7-20-8-16-10/h6-8H,3-5H2,1-2H3,(H,14,15,17). The normalized spacial score (nSPS) is 10.3. The molecule has 1 N–H and O–H groups in total. The highest BCUT2D eigenvalue weighted by atomic mass is 32.1. The van der Waals surface area contributed by atoms with Gasteiger partial charge in [-0.3, -0.25) is 0 Å². The van der Waals surface area contributed by atoms with Gasteiger partial charge in [0, 0.05) is 24.5 Å². The van der Waals surface area contributed by atoms with E-state index in [2.05, 4.69) is 20.3 Å². The quantitative estimate of drug-likeness (QED) is 0.821. The van der Waals surface area contributed by atoms with E-state index in [9.17, 15) is 4.79 Å². The van der Waals surface area contributed by atoms with E-state index in [1.807, 2.05) is 10.9 Å². The molecule has 0 fully saturated rings. The number of esters is 1. The largest absolute Gasteiger partial charge is 0.462 e. The van der Waals surface area contributed by atoms with E-state index in [4.69, 9.17) is 4.74 Å². The summed E-state index contributed by atoms with van der Waals surface area (Å²) in [5.74, 6) is 0.116. The van der Waals surface area contributed by atoms with Crippen LogP contribution >= 0.6 is 11.3 Å². The van der Waals surface area contributed by atoms with Gasteiger partial charge in [-0.15, -0.1) is 11.3 Å². The molecule has 0 radical (unpaired) electrons. The number of nitrogens with one attached hydrogen (secondary N) is 1. The maximum atomic E-state index is 11.6. The molecule has 0 unspecified atom stereocenters. The van der Waals surface area contributed by atoms with Crippen molar-refractivity contribution in [3.05, 3.63) is 34.0 Å². The van der Waals surface area contributed by atoms with Gasteiger partial charge in [0.15, 0.2) is 0 Å². The van der Waals surface area contributed by atoms with Crippen LogP contribution in [0.15, 0.2) is 17.1 Å². The second kappa shape index (κ2) is 6.95. The van der Waals surface area contributed by atoms with E-state index < -0.39 is 0 Å². The van der Waals surface area contributed by atoms with Crippen molar-refractivity contribution in [2.24, 2.45) is 0 Å². The third-order valence-corrected chi connectivity index (χ3v) is 3.26. The Hall–Kier alpha value is -2.02. The minimum absolute atomic E-state index is 0.339. The second-order valence-electron chi connectivity index (χ2n) is 4.07. The average Bonchev–Trinajstić information content (AvgIpc) is 2.92. The SMILES string of the molecule is CCOC(=O)c1cnc(NCCc2cscn2)nc1C. The van der Waals surface area contributed by atoms with Crippen molar-refractivity contribution in [3.63, 3.8) is 0 Å². The lowest BCUT2D eigenvalue weighted by Crippen LogP contribution is -2.12. The van der Waals surface area contributed by atoms with Crippen LogP contribution < -0.4 is 5.32 Å². The molecule has 2 aromatic rings. The summed E-state index contributed by atoms with van der Waals surface area (Å²) in [6, 6.07) is 0. The predicted octanol–water partition coefficient (Wildman–Crippen LogP) is 2.07. The lowest BCUT2D eigenvalue weighted by Gasteiger charge is -2.07. The van der Waals surface area contributed by atoms with Gasteiger partial charge in [0.05, 0.1) is 29.1 Å². The summed E-state index contributed by atoms with van der Waals surface area (Å²) in [4.78, 5) is 24.2. The van der Waals surface area contributed by atoms with Crippen LogP contribution in [0.1, 0.15) is 28.7 Å².